The lowest BCUT2D eigenvalue weighted by atomic mass is 10.1. The van der Waals surface area contributed by atoms with E-state index >= 15 is 0 Å². The minimum atomic E-state index is -0.377. The topological polar surface area (TPSA) is 54.5 Å². The van der Waals surface area contributed by atoms with E-state index in [0.29, 0.717) is 16.9 Å². The van der Waals surface area contributed by atoms with Gasteiger partial charge in [-0.25, -0.2) is 13.5 Å². The van der Waals surface area contributed by atoms with Crippen molar-refractivity contribution in [2.75, 3.05) is 0 Å². The fourth-order valence-corrected chi connectivity index (χ4v) is 1.99. The first kappa shape index (κ1) is 12.9. The van der Waals surface area contributed by atoms with E-state index in [2.05, 4.69) is 10.3 Å². The second-order valence-electron chi connectivity index (χ2n) is 4.29. The first-order valence-electron chi connectivity index (χ1n) is 6.07. The lowest BCUT2D eigenvalue weighted by Crippen LogP contribution is -2.00. The summed E-state index contributed by atoms with van der Waals surface area (Å²) in [6, 6.07) is 13.2. The molecule has 0 radical (unpaired) electrons. The highest BCUT2D eigenvalue weighted by Gasteiger charge is 2.16. The fraction of sp³-hybridized carbons (Fsp3) is 0. The molecule has 0 spiro atoms. The standard InChI is InChI=1S/C15H8F2N4/c16-11-3-1-10(2-4-11)15-14(9-18)19-20-21(15)13-7-5-12(17)6-8-13/h1-8H. The molecule has 3 aromatic rings. The molecule has 0 unspecified atom stereocenters. The molecule has 0 aliphatic carbocycles. The summed E-state index contributed by atoms with van der Waals surface area (Å²) < 4.78 is 27.5. The highest BCUT2D eigenvalue weighted by Crippen LogP contribution is 2.25. The molecule has 0 bridgehead atoms. The molecule has 1 aromatic heterocycles. The Morgan fingerprint density at radius 2 is 1.48 bits per heavy atom. The third-order valence-corrected chi connectivity index (χ3v) is 2.97. The van der Waals surface area contributed by atoms with Crippen molar-refractivity contribution < 1.29 is 8.78 Å². The minimum Gasteiger partial charge on any atom is -0.211 e. The molecule has 3 rings (SSSR count). The molecule has 102 valence electrons. The Kier molecular flexibility index (Phi) is 3.16. The predicted molar refractivity (Wildman–Crippen MR) is 71.4 cm³/mol. The third-order valence-electron chi connectivity index (χ3n) is 2.97. The lowest BCUT2D eigenvalue weighted by Gasteiger charge is -2.06. The summed E-state index contributed by atoms with van der Waals surface area (Å²) in [5.74, 6) is -0.749. The Morgan fingerprint density at radius 1 is 0.905 bits per heavy atom. The SMILES string of the molecule is N#Cc1nnn(-c2ccc(F)cc2)c1-c1ccc(F)cc1. The molecule has 2 aromatic carbocycles. The average molecular weight is 282 g/mol. The second-order valence-corrected chi connectivity index (χ2v) is 4.29. The van der Waals surface area contributed by atoms with E-state index in [4.69, 9.17) is 5.26 Å². The summed E-state index contributed by atoms with van der Waals surface area (Å²) in [7, 11) is 0. The molecule has 0 saturated heterocycles. The van der Waals surface area contributed by atoms with E-state index in [-0.39, 0.29) is 17.3 Å². The number of hydrogen-bond donors (Lipinski definition) is 0. The summed E-state index contributed by atoms with van der Waals surface area (Å²) in [6.07, 6.45) is 0. The van der Waals surface area contributed by atoms with E-state index < -0.39 is 0 Å². The first-order valence-corrected chi connectivity index (χ1v) is 6.07. The molecule has 0 aliphatic rings. The molecule has 0 atom stereocenters. The molecule has 1 heterocycles. The van der Waals surface area contributed by atoms with Gasteiger partial charge in [-0.3, -0.25) is 0 Å². The summed E-state index contributed by atoms with van der Waals surface area (Å²) in [4.78, 5) is 0. The van der Waals surface area contributed by atoms with Crippen molar-refractivity contribution >= 4 is 0 Å². The zero-order chi connectivity index (χ0) is 14.8. The number of benzene rings is 2. The summed E-state index contributed by atoms with van der Waals surface area (Å²) in [6.45, 7) is 0. The van der Waals surface area contributed by atoms with Gasteiger partial charge in [0.1, 0.15) is 23.4 Å². The molecule has 21 heavy (non-hydrogen) atoms. The van der Waals surface area contributed by atoms with Gasteiger partial charge in [0.2, 0.25) is 0 Å². The number of nitriles is 1. The average Bonchev–Trinajstić information content (AvgIpc) is 2.93. The molecule has 6 heteroatoms. The van der Waals surface area contributed by atoms with Gasteiger partial charge in [-0.1, -0.05) is 5.21 Å². The van der Waals surface area contributed by atoms with Crippen molar-refractivity contribution in [3.8, 4) is 23.0 Å². The van der Waals surface area contributed by atoms with Gasteiger partial charge >= 0.3 is 0 Å². The molecule has 0 aliphatic heterocycles. The molecule has 0 fully saturated rings. The van der Waals surface area contributed by atoms with Crippen LogP contribution in [-0.4, -0.2) is 15.0 Å². The fourth-order valence-electron chi connectivity index (χ4n) is 1.99. The number of nitrogens with zero attached hydrogens (tertiary/aromatic N) is 4. The Bertz CT molecular complexity index is 814. The Labute approximate surface area is 118 Å². The van der Waals surface area contributed by atoms with Crippen LogP contribution < -0.4 is 0 Å². The molecule has 4 nitrogen and oxygen atoms in total. The predicted octanol–water partition coefficient (Wildman–Crippen LogP) is 3.08. The van der Waals surface area contributed by atoms with Crippen molar-refractivity contribution in [2.24, 2.45) is 0 Å². The van der Waals surface area contributed by atoms with Gasteiger partial charge < -0.3 is 0 Å². The molecule has 0 N–H and O–H groups in total. The van der Waals surface area contributed by atoms with Crippen molar-refractivity contribution in [1.29, 1.82) is 5.26 Å². The molecule has 0 saturated carbocycles. The van der Waals surface area contributed by atoms with Crippen LogP contribution in [0.15, 0.2) is 48.5 Å². The minimum absolute atomic E-state index is 0.117. The van der Waals surface area contributed by atoms with Gasteiger partial charge in [0.15, 0.2) is 5.69 Å². The Morgan fingerprint density at radius 3 is 2.05 bits per heavy atom. The van der Waals surface area contributed by atoms with Gasteiger partial charge in [-0.2, -0.15) is 5.26 Å². The van der Waals surface area contributed by atoms with Gasteiger partial charge in [-0.05, 0) is 48.5 Å². The van der Waals surface area contributed by atoms with E-state index in [1.807, 2.05) is 6.07 Å². The number of halogens is 2. The number of hydrogen-bond acceptors (Lipinski definition) is 3. The Hall–Kier alpha value is -3.07. The van der Waals surface area contributed by atoms with Gasteiger partial charge in [-0.15, -0.1) is 5.10 Å². The van der Waals surface area contributed by atoms with Crippen LogP contribution >= 0.6 is 0 Å². The second kappa shape index (κ2) is 5.13. The van der Waals surface area contributed by atoms with Crippen LogP contribution in [0.4, 0.5) is 8.78 Å². The van der Waals surface area contributed by atoms with E-state index in [1.54, 1.807) is 0 Å². The maximum Gasteiger partial charge on any atom is 0.191 e. The van der Waals surface area contributed by atoms with Crippen LogP contribution in [0.2, 0.25) is 0 Å². The largest absolute Gasteiger partial charge is 0.211 e. The number of aromatic nitrogens is 3. The first-order chi connectivity index (χ1) is 10.2. The molecular formula is C15H8F2N4. The molecule has 0 amide bonds. The highest BCUT2D eigenvalue weighted by atomic mass is 19.1. The Balaban J connectivity index is 2.19. The van der Waals surface area contributed by atoms with Crippen LogP contribution in [0.5, 0.6) is 0 Å². The van der Waals surface area contributed by atoms with E-state index in [9.17, 15) is 8.78 Å². The van der Waals surface area contributed by atoms with Crippen LogP contribution in [0, 0.1) is 23.0 Å². The van der Waals surface area contributed by atoms with E-state index in [0.717, 1.165) is 0 Å². The highest BCUT2D eigenvalue weighted by molar-refractivity contribution is 5.66. The maximum absolute atomic E-state index is 13.0. The van der Waals surface area contributed by atoms with Crippen LogP contribution in [0.25, 0.3) is 16.9 Å². The van der Waals surface area contributed by atoms with Crippen molar-refractivity contribution in [3.63, 3.8) is 0 Å². The zero-order valence-corrected chi connectivity index (χ0v) is 10.7. The van der Waals surface area contributed by atoms with Gasteiger partial charge in [0.05, 0.1) is 5.69 Å². The molecular weight excluding hydrogens is 274 g/mol. The smallest absolute Gasteiger partial charge is 0.191 e. The van der Waals surface area contributed by atoms with Crippen LogP contribution in [0.3, 0.4) is 0 Å². The third kappa shape index (κ3) is 2.37. The van der Waals surface area contributed by atoms with Gasteiger partial charge in [0.25, 0.3) is 0 Å². The van der Waals surface area contributed by atoms with Crippen LogP contribution in [-0.2, 0) is 0 Å². The van der Waals surface area contributed by atoms with Crippen LogP contribution in [0.1, 0.15) is 5.69 Å². The number of rotatable bonds is 2. The monoisotopic (exact) mass is 282 g/mol. The van der Waals surface area contributed by atoms with Gasteiger partial charge in [0, 0.05) is 5.56 Å². The summed E-state index contributed by atoms with van der Waals surface area (Å²) in [5.41, 5.74) is 1.71. The van der Waals surface area contributed by atoms with Crippen molar-refractivity contribution in [2.45, 2.75) is 0 Å². The quantitative estimate of drug-likeness (QED) is 0.725. The normalized spacial score (nSPS) is 10.3. The lowest BCUT2D eigenvalue weighted by molar-refractivity contribution is 0.626. The van der Waals surface area contributed by atoms with Crippen molar-refractivity contribution in [3.05, 3.63) is 65.9 Å². The summed E-state index contributed by atoms with van der Waals surface area (Å²) in [5, 5.41) is 16.8. The summed E-state index contributed by atoms with van der Waals surface area (Å²) >= 11 is 0. The zero-order valence-electron chi connectivity index (χ0n) is 10.7. The maximum atomic E-state index is 13.0. The van der Waals surface area contributed by atoms with Crippen molar-refractivity contribution in [1.82, 2.24) is 15.0 Å². The van der Waals surface area contributed by atoms with E-state index in [1.165, 1.54) is 53.2 Å².